The molecule has 5 nitrogen and oxygen atoms in total. The Hall–Kier alpha value is -4.06. The summed E-state index contributed by atoms with van der Waals surface area (Å²) in [5.74, 6) is -0.655. The highest BCUT2D eigenvalue weighted by Gasteiger charge is 2.34. The summed E-state index contributed by atoms with van der Waals surface area (Å²) in [5.41, 5.74) is 6.48. The highest BCUT2D eigenvalue weighted by atomic mass is 32.2. The predicted octanol–water partition coefficient (Wildman–Crippen LogP) is 7.52. The van der Waals surface area contributed by atoms with Crippen molar-refractivity contribution < 1.29 is 13.9 Å². The van der Waals surface area contributed by atoms with E-state index in [2.05, 4.69) is 52.2 Å². The first-order valence-electron chi connectivity index (χ1n) is 12.5. The summed E-state index contributed by atoms with van der Waals surface area (Å²) < 4.78 is 21.7. The Morgan fingerprint density at radius 1 is 1.10 bits per heavy atom. The molecule has 0 aliphatic carbocycles. The number of anilines is 1. The van der Waals surface area contributed by atoms with Crippen molar-refractivity contribution >= 4 is 45.8 Å². The van der Waals surface area contributed by atoms with Crippen molar-refractivity contribution in [1.82, 2.24) is 3.97 Å². The largest absolute Gasteiger partial charge is 0.469 e. The first kappa shape index (κ1) is 25.2. The van der Waals surface area contributed by atoms with Crippen LogP contribution in [0.4, 0.5) is 10.1 Å². The molecule has 0 bridgehead atoms. The maximum atomic E-state index is 14.7. The van der Waals surface area contributed by atoms with Gasteiger partial charge in [0, 0.05) is 45.7 Å². The van der Waals surface area contributed by atoms with Crippen molar-refractivity contribution in [3.63, 3.8) is 0 Å². The van der Waals surface area contributed by atoms with Crippen molar-refractivity contribution in [2.75, 3.05) is 25.1 Å². The van der Waals surface area contributed by atoms with Crippen LogP contribution in [0.25, 0.3) is 33.3 Å². The van der Waals surface area contributed by atoms with E-state index in [1.807, 2.05) is 29.6 Å². The zero-order chi connectivity index (χ0) is 27.1. The van der Waals surface area contributed by atoms with Crippen LogP contribution in [0, 0.1) is 30.0 Å². The van der Waals surface area contributed by atoms with Crippen molar-refractivity contribution in [1.29, 1.82) is 5.26 Å². The van der Waals surface area contributed by atoms with Crippen LogP contribution in [0.5, 0.6) is 0 Å². The van der Waals surface area contributed by atoms with E-state index in [-0.39, 0.29) is 17.7 Å². The normalized spacial score (nSPS) is 13.3. The Kier molecular flexibility index (Phi) is 6.63. The van der Waals surface area contributed by atoms with E-state index in [0.29, 0.717) is 18.0 Å². The molecule has 0 radical (unpaired) electrons. The molecular formula is C31H24FN3O2S2. The summed E-state index contributed by atoms with van der Waals surface area (Å²) in [5, 5.41) is 12.6. The summed E-state index contributed by atoms with van der Waals surface area (Å²) in [6, 6.07) is 25.6. The molecule has 1 fully saturated rings. The average molecular weight is 554 g/mol. The number of thiophene rings is 1. The monoisotopic (exact) mass is 553 g/mol. The molecule has 2 aromatic heterocycles. The first-order valence-corrected chi connectivity index (χ1v) is 14.1. The van der Waals surface area contributed by atoms with E-state index >= 15 is 0 Å². The van der Waals surface area contributed by atoms with E-state index in [9.17, 15) is 14.4 Å². The number of rotatable bonds is 6. The first-order chi connectivity index (χ1) is 19.0. The minimum Gasteiger partial charge on any atom is -0.469 e. The van der Waals surface area contributed by atoms with Crippen LogP contribution in [0.2, 0.25) is 0 Å². The average Bonchev–Trinajstić information content (AvgIpc) is 3.51. The fourth-order valence-corrected chi connectivity index (χ4v) is 6.72. The van der Waals surface area contributed by atoms with E-state index in [1.165, 1.54) is 30.1 Å². The van der Waals surface area contributed by atoms with Gasteiger partial charge in [0.05, 0.1) is 24.2 Å². The number of hydrogen-bond donors (Lipinski definition) is 0. The molecule has 3 heterocycles. The van der Waals surface area contributed by atoms with Crippen LogP contribution < -0.4 is 4.90 Å². The number of nitrogens with zero attached hydrogens (tertiary/aromatic N) is 3. The number of carbonyl (C=O) groups excluding carboxylic acids is 1. The molecule has 39 heavy (non-hydrogen) atoms. The highest BCUT2D eigenvalue weighted by molar-refractivity contribution is 7.98. The predicted molar refractivity (Wildman–Crippen MR) is 156 cm³/mol. The van der Waals surface area contributed by atoms with Gasteiger partial charge in [0.25, 0.3) is 0 Å². The molecule has 8 heteroatoms. The molecule has 6 rings (SSSR count). The molecule has 0 N–H and O–H groups in total. The lowest BCUT2D eigenvalue weighted by Crippen LogP contribution is -2.50. The number of esters is 1. The van der Waals surface area contributed by atoms with Gasteiger partial charge < -0.3 is 9.64 Å². The molecule has 0 atom stereocenters. The van der Waals surface area contributed by atoms with Crippen molar-refractivity contribution in [2.45, 2.75) is 11.8 Å². The lowest BCUT2D eigenvalue weighted by Gasteiger charge is -2.39. The third-order valence-corrected chi connectivity index (χ3v) is 8.91. The summed E-state index contributed by atoms with van der Waals surface area (Å²) in [6.45, 7) is 3.24. The minimum atomic E-state index is -0.329. The lowest BCUT2D eigenvalue weighted by molar-refractivity contribution is -0.146. The molecule has 0 spiro atoms. The van der Waals surface area contributed by atoms with Crippen LogP contribution in [0.3, 0.4) is 0 Å². The van der Waals surface area contributed by atoms with Gasteiger partial charge in [-0.1, -0.05) is 29.8 Å². The summed E-state index contributed by atoms with van der Waals surface area (Å²) in [6.07, 6.45) is 0. The van der Waals surface area contributed by atoms with Gasteiger partial charge in [0.2, 0.25) is 0 Å². The Balaban J connectivity index is 1.56. The van der Waals surface area contributed by atoms with Crippen LogP contribution in [0.15, 0.2) is 83.1 Å². The number of halogens is 1. The molecule has 0 amide bonds. The molecule has 1 saturated heterocycles. The minimum absolute atomic E-state index is 0.135. The van der Waals surface area contributed by atoms with Crippen LogP contribution >= 0.6 is 23.3 Å². The van der Waals surface area contributed by atoms with E-state index in [1.54, 1.807) is 24.1 Å². The molecule has 5 aromatic rings. The third kappa shape index (κ3) is 4.58. The number of carbonyl (C=O) groups is 1. The van der Waals surface area contributed by atoms with Gasteiger partial charge in [-0.3, -0.25) is 8.77 Å². The lowest BCUT2D eigenvalue weighted by atomic mass is 9.96. The molecule has 3 aromatic carbocycles. The topological polar surface area (TPSA) is 58.3 Å². The maximum Gasteiger partial charge on any atom is 0.312 e. The molecular weight excluding hydrogens is 529 g/mol. The number of fused-ring (bicyclic) bond motifs is 1. The quantitative estimate of drug-likeness (QED) is 0.204. The number of methoxy groups -OCH3 is 1. The van der Waals surface area contributed by atoms with Gasteiger partial charge >= 0.3 is 5.97 Å². The van der Waals surface area contributed by atoms with Crippen molar-refractivity contribution in [3.05, 3.63) is 94.4 Å². The van der Waals surface area contributed by atoms with Crippen molar-refractivity contribution in [3.8, 4) is 28.5 Å². The SMILES string of the molecule is COC(=O)C1CN(c2cccc(-c3c(-c4ccsc4C#N)c4cc(F)ccc4n3Sc3ccc(C)cc3)c2)C1. The van der Waals surface area contributed by atoms with Gasteiger partial charge in [-0.05, 0) is 72.8 Å². The molecule has 0 saturated carbocycles. The van der Waals surface area contributed by atoms with Crippen molar-refractivity contribution in [2.24, 2.45) is 5.92 Å². The summed E-state index contributed by atoms with van der Waals surface area (Å²) in [4.78, 5) is 15.7. The highest BCUT2D eigenvalue weighted by Crippen LogP contribution is 2.47. The van der Waals surface area contributed by atoms with E-state index < -0.39 is 0 Å². The smallest absolute Gasteiger partial charge is 0.312 e. The number of benzene rings is 3. The zero-order valence-corrected chi connectivity index (χ0v) is 23.0. The second kappa shape index (κ2) is 10.3. The third-order valence-electron chi connectivity index (χ3n) is 7.04. The molecule has 1 aliphatic rings. The Morgan fingerprint density at radius 3 is 2.64 bits per heavy atom. The number of aromatic nitrogens is 1. The Morgan fingerprint density at radius 2 is 1.90 bits per heavy atom. The Bertz CT molecular complexity index is 1740. The standard InChI is InChI=1S/C31H24FN3O2S2/c1-19-6-9-24(10-7-19)39-35-27-11-8-22(32)15-26(27)29(25-12-13-38-28(25)16-33)30(35)20-4-3-5-23(14-20)34-17-21(18-34)31(36)37-2/h3-15,21H,17-18H2,1-2H3. The fraction of sp³-hybridized carbons (Fsp3) is 0.161. The van der Waals surface area contributed by atoms with E-state index in [0.717, 1.165) is 43.9 Å². The second-order valence-electron chi connectivity index (χ2n) is 9.53. The number of hydrogen-bond acceptors (Lipinski definition) is 6. The number of aryl methyl sites for hydroxylation is 1. The summed E-state index contributed by atoms with van der Waals surface area (Å²) in [7, 11) is 1.42. The van der Waals surface area contributed by atoms with Gasteiger partial charge in [0.1, 0.15) is 16.8 Å². The zero-order valence-electron chi connectivity index (χ0n) is 21.3. The van der Waals surface area contributed by atoms with Crippen LogP contribution in [-0.2, 0) is 9.53 Å². The second-order valence-corrected chi connectivity index (χ2v) is 11.5. The number of nitriles is 1. The summed E-state index contributed by atoms with van der Waals surface area (Å²) >= 11 is 2.94. The van der Waals surface area contributed by atoms with Gasteiger partial charge in [-0.25, -0.2) is 4.39 Å². The van der Waals surface area contributed by atoms with E-state index in [4.69, 9.17) is 4.74 Å². The van der Waals surface area contributed by atoms with Crippen LogP contribution in [-0.4, -0.2) is 30.1 Å². The fourth-order valence-electron chi connectivity index (χ4n) is 5.02. The molecule has 0 unspecified atom stereocenters. The molecule has 194 valence electrons. The van der Waals surface area contributed by atoms with Crippen LogP contribution in [0.1, 0.15) is 10.4 Å². The maximum absolute atomic E-state index is 14.7. The molecule has 1 aliphatic heterocycles. The Labute approximate surface area is 234 Å². The number of ether oxygens (including phenoxy) is 1. The van der Waals surface area contributed by atoms with Gasteiger partial charge in [0.15, 0.2) is 0 Å². The van der Waals surface area contributed by atoms with Gasteiger partial charge in [-0.2, -0.15) is 5.26 Å². The van der Waals surface area contributed by atoms with Gasteiger partial charge in [-0.15, -0.1) is 11.3 Å².